The second-order valence-corrected chi connectivity index (χ2v) is 4.04. The zero-order valence-corrected chi connectivity index (χ0v) is 8.47. The zero-order chi connectivity index (χ0) is 9.90. The van der Waals surface area contributed by atoms with Gasteiger partial charge in [-0.15, -0.1) is 0 Å². The van der Waals surface area contributed by atoms with E-state index in [0.717, 1.165) is 5.56 Å². The summed E-state index contributed by atoms with van der Waals surface area (Å²) in [4.78, 5) is 0. The van der Waals surface area contributed by atoms with Gasteiger partial charge in [-0.05, 0) is 19.4 Å². The van der Waals surface area contributed by atoms with Gasteiger partial charge in [-0.25, -0.2) is 8.93 Å². The Kier molecular flexibility index (Phi) is 3.19. The van der Waals surface area contributed by atoms with Crippen molar-refractivity contribution in [2.24, 2.45) is 0 Å². The van der Waals surface area contributed by atoms with Gasteiger partial charge >= 0.3 is 0 Å². The van der Waals surface area contributed by atoms with Crippen molar-refractivity contribution in [1.29, 1.82) is 0 Å². The second kappa shape index (κ2) is 4.00. The van der Waals surface area contributed by atoms with Crippen molar-refractivity contribution in [1.82, 2.24) is 4.72 Å². The Labute approximate surface area is 80.6 Å². The van der Waals surface area contributed by atoms with Gasteiger partial charge in [-0.2, -0.15) is 0 Å². The first-order valence-corrected chi connectivity index (χ1v) is 5.07. The minimum absolute atomic E-state index is 0.485. The Morgan fingerprint density at radius 1 is 1.31 bits per heavy atom. The first-order valence-electron chi connectivity index (χ1n) is 3.96. The third-order valence-corrected chi connectivity index (χ3v) is 2.52. The summed E-state index contributed by atoms with van der Waals surface area (Å²) in [5, 5.41) is 0. The molecule has 1 atom stereocenters. The number of hydrogen-bond acceptors (Lipinski definition) is 1. The lowest BCUT2D eigenvalue weighted by molar-refractivity contribution is 0.459. The first kappa shape index (κ1) is 10.4. The van der Waals surface area contributed by atoms with Crippen LogP contribution in [0.25, 0.3) is 0 Å². The molecule has 13 heavy (non-hydrogen) atoms. The van der Waals surface area contributed by atoms with Crippen molar-refractivity contribution in [3.05, 3.63) is 35.9 Å². The number of rotatable bonds is 3. The topological polar surface area (TPSA) is 49.3 Å². The summed E-state index contributed by atoms with van der Waals surface area (Å²) in [6, 6.07) is 9.55. The summed E-state index contributed by atoms with van der Waals surface area (Å²) in [6.45, 7) is 3.72. The Bertz CT molecular complexity index is 298. The molecule has 0 aliphatic carbocycles. The molecule has 0 heterocycles. The standard InChI is InChI=1S/C9H13NO2S/c1-9(2,10-13(11)12)8-6-4-3-5-7-8/h3-7,10H,1-2H3,(H,11,12). The first-order chi connectivity index (χ1) is 6.02. The molecule has 4 heteroatoms. The zero-order valence-electron chi connectivity index (χ0n) is 7.65. The summed E-state index contributed by atoms with van der Waals surface area (Å²) in [7, 11) is 0. The van der Waals surface area contributed by atoms with Crippen molar-refractivity contribution in [2.75, 3.05) is 0 Å². The van der Waals surface area contributed by atoms with E-state index in [2.05, 4.69) is 4.72 Å². The molecule has 3 nitrogen and oxygen atoms in total. The minimum atomic E-state index is -1.99. The van der Waals surface area contributed by atoms with Crippen LogP contribution in [0.1, 0.15) is 19.4 Å². The lowest BCUT2D eigenvalue weighted by Gasteiger charge is -2.24. The van der Waals surface area contributed by atoms with Crippen LogP contribution < -0.4 is 4.72 Å². The Morgan fingerprint density at radius 3 is 2.31 bits per heavy atom. The summed E-state index contributed by atoms with van der Waals surface area (Å²) in [5.41, 5.74) is 0.498. The second-order valence-electron chi connectivity index (χ2n) is 3.34. The van der Waals surface area contributed by atoms with Crippen molar-refractivity contribution in [2.45, 2.75) is 19.4 Å². The lowest BCUT2D eigenvalue weighted by atomic mass is 9.96. The van der Waals surface area contributed by atoms with Crippen molar-refractivity contribution in [3.63, 3.8) is 0 Å². The molecule has 0 saturated heterocycles. The quantitative estimate of drug-likeness (QED) is 0.727. The molecular weight excluding hydrogens is 186 g/mol. The summed E-state index contributed by atoms with van der Waals surface area (Å²) >= 11 is -1.99. The predicted molar refractivity (Wildman–Crippen MR) is 53.4 cm³/mol. The molecular formula is C9H13NO2S. The van der Waals surface area contributed by atoms with E-state index in [1.165, 1.54) is 0 Å². The molecule has 0 aliphatic heterocycles. The van der Waals surface area contributed by atoms with Crippen LogP contribution >= 0.6 is 0 Å². The maximum Gasteiger partial charge on any atom is 0.232 e. The van der Waals surface area contributed by atoms with Crippen LogP contribution in [0.2, 0.25) is 0 Å². The fraction of sp³-hybridized carbons (Fsp3) is 0.333. The maximum atomic E-state index is 10.6. The van der Waals surface area contributed by atoms with E-state index >= 15 is 0 Å². The number of hydrogen-bond donors (Lipinski definition) is 2. The normalized spacial score (nSPS) is 14.1. The van der Waals surface area contributed by atoms with Gasteiger partial charge in [0.05, 0.1) is 5.54 Å². The fourth-order valence-corrected chi connectivity index (χ4v) is 1.69. The van der Waals surface area contributed by atoms with Gasteiger partial charge in [0.2, 0.25) is 11.3 Å². The van der Waals surface area contributed by atoms with Gasteiger partial charge in [0, 0.05) is 0 Å². The molecule has 0 radical (unpaired) electrons. The Hall–Kier alpha value is -0.710. The largest absolute Gasteiger partial charge is 0.294 e. The molecule has 0 spiro atoms. The Morgan fingerprint density at radius 2 is 1.85 bits per heavy atom. The average Bonchev–Trinajstić information content (AvgIpc) is 2.04. The van der Waals surface area contributed by atoms with Gasteiger partial charge in [0.1, 0.15) is 0 Å². The summed E-state index contributed by atoms with van der Waals surface area (Å²) in [6.07, 6.45) is 0. The van der Waals surface area contributed by atoms with E-state index in [1.54, 1.807) is 0 Å². The highest BCUT2D eigenvalue weighted by molar-refractivity contribution is 7.77. The molecule has 72 valence electrons. The van der Waals surface area contributed by atoms with Crippen molar-refractivity contribution >= 4 is 11.3 Å². The van der Waals surface area contributed by atoms with Crippen LogP contribution in [-0.4, -0.2) is 8.76 Å². The molecule has 0 amide bonds. The molecule has 0 saturated carbocycles. The van der Waals surface area contributed by atoms with Gasteiger partial charge in [-0.3, -0.25) is 4.55 Å². The molecule has 0 aromatic heterocycles. The highest BCUT2D eigenvalue weighted by Gasteiger charge is 2.21. The van der Waals surface area contributed by atoms with E-state index in [-0.39, 0.29) is 0 Å². The number of nitrogens with one attached hydrogen (secondary N) is 1. The monoisotopic (exact) mass is 199 g/mol. The number of benzene rings is 1. The summed E-state index contributed by atoms with van der Waals surface area (Å²) in [5.74, 6) is 0. The van der Waals surface area contributed by atoms with Gasteiger partial charge in [0.15, 0.2) is 0 Å². The van der Waals surface area contributed by atoms with Crippen molar-refractivity contribution in [3.8, 4) is 0 Å². The molecule has 1 rings (SSSR count). The third kappa shape index (κ3) is 2.91. The van der Waals surface area contributed by atoms with Gasteiger partial charge in [-0.1, -0.05) is 30.3 Å². The van der Waals surface area contributed by atoms with E-state index in [0.29, 0.717) is 0 Å². The molecule has 0 fully saturated rings. The molecule has 1 aromatic carbocycles. The lowest BCUT2D eigenvalue weighted by Crippen LogP contribution is -2.37. The van der Waals surface area contributed by atoms with Crippen molar-refractivity contribution < 1.29 is 8.76 Å². The molecule has 1 unspecified atom stereocenters. The van der Waals surface area contributed by atoms with Crippen LogP contribution in [0.3, 0.4) is 0 Å². The highest BCUT2D eigenvalue weighted by Crippen LogP contribution is 2.19. The highest BCUT2D eigenvalue weighted by atomic mass is 32.2. The van der Waals surface area contributed by atoms with E-state index in [9.17, 15) is 4.21 Å². The van der Waals surface area contributed by atoms with Crippen LogP contribution in [0.5, 0.6) is 0 Å². The molecule has 1 aromatic rings. The third-order valence-electron chi connectivity index (χ3n) is 1.84. The predicted octanol–water partition coefficient (Wildman–Crippen LogP) is 1.65. The van der Waals surface area contributed by atoms with E-state index in [1.807, 2.05) is 44.2 Å². The molecule has 0 bridgehead atoms. The Balaban J connectivity index is 2.87. The van der Waals surface area contributed by atoms with Gasteiger partial charge in [0.25, 0.3) is 0 Å². The summed E-state index contributed by atoms with van der Waals surface area (Å²) < 4.78 is 21.9. The molecule has 2 N–H and O–H groups in total. The van der Waals surface area contributed by atoms with Crippen LogP contribution in [0, 0.1) is 0 Å². The average molecular weight is 199 g/mol. The van der Waals surface area contributed by atoms with Crippen LogP contribution in [-0.2, 0) is 16.8 Å². The van der Waals surface area contributed by atoms with Gasteiger partial charge < -0.3 is 0 Å². The SMILES string of the molecule is CC(C)(NS(=O)O)c1ccccc1. The fourth-order valence-electron chi connectivity index (χ4n) is 1.13. The minimum Gasteiger partial charge on any atom is -0.294 e. The van der Waals surface area contributed by atoms with E-state index in [4.69, 9.17) is 4.55 Å². The molecule has 0 aliphatic rings. The van der Waals surface area contributed by atoms with E-state index < -0.39 is 16.8 Å². The maximum absolute atomic E-state index is 10.6. The van der Waals surface area contributed by atoms with Crippen LogP contribution in [0.4, 0.5) is 0 Å². The smallest absolute Gasteiger partial charge is 0.232 e. The van der Waals surface area contributed by atoms with Crippen LogP contribution in [0.15, 0.2) is 30.3 Å².